The molecule has 0 atom stereocenters. The predicted octanol–water partition coefficient (Wildman–Crippen LogP) is 2.75. The van der Waals surface area contributed by atoms with E-state index in [9.17, 15) is 4.79 Å². The monoisotopic (exact) mass is 299 g/mol. The van der Waals surface area contributed by atoms with Crippen LogP contribution in [0.1, 0.15) is 34.1 Å². The van der Waals surface area contributed by atoms with Crippen molar-refractivity contribution < 1.29 is 4.79 Å². The molecule has 1 amide bonds. The lowest BCUT2D eigenvalue weighted by molar-refractivity contribution is -0.117. The molecule has 0 aromatic rings. The van der Waals surface area contributed by atoms with E-state index in [1.807, 2.05) is 6.07 Å². The van der Waals surface area contributed by atoms with Crippen molar-refractivity contribution in [3.05, 3.63) is 11.8 Å². The van der Waals surface area contributed by atoms with Crippen LogP contribution in [-0.4, -0.2) is 36.3 Å². The Morgan fingerprint density at radius 1 is 1.30 bits per heavy atom. The zero-order chi connectivity index (χ0) is 15.5. The SMILES string of the molecule is CC(C)CN(/C=C(/C#N)C(=O)NCCCCl)CC(C)C. The smallest absolute Gasteiger partial charge is 0.263 e. The maximum Gasteiger partial charge on any atom is 0.263 e. The lowest BCUT2D eigenvalue weighted by Gasteiger charge is -2.25. The Morgan fingerprint density at radius 3 is 2.25 bits per heavy atom. The van der Waals surface area contributed by atoms with E-state index in [1.54, 1.807) is 6.20 Å². The van der Waals surface area contributed by atoms with Gasteiger partial charge in [-0.2, -0.15) is 5.26 Å². The molecule has 0 aromatic heterocycles. The molecule has 0 aliphatic heterocycles. The van der Waals surface area contributed by atoms with Gasteiger partial charge in [0, 0.05) is 31.7 Å². The van der Waals surface area contributed by atoms with Crippen LogP contribution in [0.2, 0.25) is 0 Å². The second kappa shape index (κ2) is 10.6. The van der Waals surface area contributed by atoms with E-state index in [2.05, 4.69) is 37.9 Å². The van der Waals surface area contributed by atoms with Gasteiger partial charge in [0.25, 0.3) is 5.91 Å². The summed E-state index contributed by atoms with van der Waals surface area (Å²) in [6.45, 7) is 10.6. The van der Waals surface area contributed by atoms with E-state index >= 15 is 0 Å². The van der Waals surface area contributed by atoms with Crippen LogP contribution in [0.3, 0.4) is 0 Å². The maximum atomic E-state index is 11.9. The summed E-state index contributed by atoms with van der Waals surface area (Å²) in [6, 6.07) is 1.98. The summed E-state index contributed by atoms with van der Waals surface area (Å²) >= 11 is 5.56. The van der Waals surface area contributed by atoms with Crippen LogP contribution in [0.4, 0.5) is 0 Å². The van der Waals surface area contributed by atoms with E-state index in [4.69, 9.17) is 16.9 Å². The average Bonchev–Trinajstić information content (AvgIpc) is 2.34. The summed E-state index contributed by atoms with van der Waals surface area (Å²) in [6.07, 6.45) is 2.38. The minimum absolute atomic E-state index is 0.154. The van der Waals surface area contributed by atoms with E-state index in [0.29, 0.717) is 30.7 Å². The van der Waals surface area contributed by atoms with Crippen molar-refractivity contribution in [1.82, 2.24) is 10.2 Å². The molecule has 0 spiro atoms. The van der Waals surface area contributed by atoms with Gasteiger partial charge in [-0.05, 0) is 18.3 Å². The fourth-order valence-electron chi connectivity index (χ4n) is 1.80. The van der Waals surface area contributed by atoms with Gasteiger partial charge in [0.1, 0.15) is 11.6 Å². The average molecular weight is 300 g/mol. The van der Waals surface area contributed by atoms with Crippen molar-refractivity contribution in [1.29, 1.82) is 5.26 Å². The molecule has 0 aliphatic carbocycles. The van der Waals surface area contributed by atoms with Crippen molar-refractivity contribution in [2.75, 3.05) is 25.5 Å². The molecule has 0 heterocycles. The molecule has 0 aromatic carbocycles. The Balaban J connectivity index is 4.76. The molecule has 114 valence electrons. The van der Waals surface area contributed by atoms with Crippen LogP contribution >= 0.6 is 11.6 Å². The molecule has 20 heavy (non-hydrogen) atoms. The molecule has 4 nitrogen and oxygen atoms in total. The molecule has 1 N–H and O–H groups in total. The standard InChI is InChI=1S/C15H26ClN3O/c1-12(2)9-19(10-13(3)4)11-14(8-17)15(20)18-7-5-6-16/h11-13H,5-7,9-10H2,1-4H3,(H,18,20)/b14-11-. The second-order valence-electron chi connectivity index (χ2n) is 5.69. The van der Waals surface area contributed by atoms with Crippen LogP contribution < -0.4 is 5.32 Å². The summed E-state index contributed by atoms with van der Waals surface area (Å²) < 4.78 is 0. The molecule has 0 rings (SSSR count). The number of alkyl halides is 1. The lowest BCUT2D eigenvalue weighted by Crippen LogP contribution is -2.30. The van der Waals surface area contributed by atoms with Crippen LogP contribution in [0, 0.1) is 23.2 Å². The minimum atomic E-state index is -0.324. The van der Waals surface area contributed by atoms with Crippen LogP contribution in [-0.2, 0) is 4.79 Å². The Hall–Kier alpha value is -1.21. The van der Waals surface area contributed by atoms with Gasteiger partial charge in [-0.3, -0.25) is 4.79 Å². The second-order valence-corrected chi connectivity index (χ2v) is 6.07. The number of carbonyl (C=O) groups is 1. The van der Waals surface area contributed by atoms with E-state index < -0.39 is 0 Å². The van der Waals surface area contributed by atoms with E-state index in [-0.39, 0.29) is 11.5 Å². The number of nitrogens with one attached hydrogen (secondary N) is 1. The number of amides is 1. The summed E-state index contributed by atoms with van der Waals surface area (Å²) in [5, 5.41) is 11.8. The highest BCUT2D eigenvalue weighted by Gasteiger charge is 2.12. The van der Waals surface area contributed by atoms with Crippen LogP contribution in [0.15, 0.2) is 11.8 Å². The first kappa shape index (κ1) is 18.8. The molecule has 0 radical (unpaired) electrons. The summed E-state index contributed by atoms with van der Waals surface area (Å²) in [5.41, 5.74) is 0.154. The van der Waals surface area contributed by atoms with Gasteiger partial charge in [0.15, 0.2) is 0 Å². The van der Waals surface area contributed by atoms with E-state index in [1.165, 1.54) is 0 Å². The topological polar surface area (TPSA) is 56.1 Å². The number of hydrogen-bond acceptors (Lipinski definition) is 3. The molecule has 0 unspecified atom stereocenters. The normalized spacial score (nSPS) is 11.6. The zero-order valence-electron chi connectivity index (χ0n) is 12.9. The maximum absolute atomic E-state index is 11.9. The lowest BCUT2D eigenvalue weighted by atomic mass is 10.1. The largest absolute Gasteiger partial charge is 0.376 e. The van der Waals surface area contributed by atoms with Gasteiger partial charge in [-0.15, -0.1) is 11.6 Å². The quantitative estimate of drug-likeness (QED) is 0.308. The third kappa shape index (κ3) is 8.82. The number of nitrogens with zero attached hydrogens (tertiary/aromatic N) is 2. The number of halogens is 1. The Kier molecular flexibility index (Phi) is 9.92. The first-order chi connectivity index (χ1) is 9.40. The van der Waals surface area contributed by atoms with Gasteiger partial charge < -0.3 is 10.2 Å². The number of carbonyl (C=O) groups excluding carboxylic acids is 1. The third-order valence-corrected chi connectivity index (χ3v) is 2.74. The molecular formula is C15H26ClN3O. The molecular weight excluding hydrogens is 274 g/mol. The van der Waals surface area contributed by atoms with Gasteiger partial charge in [-0.1, -0.05) is 27.7 Å². The first-order valence-electron chi connectivity index (χ1n) is 7.10. The van der Waals surface area contributed by atoms with Crippen molar-refractivity contribution in [3.8, 4) is 6.07 Å². The number of hydrogen-bond donors (Lipinski definition) is 1. The zero-order valence-corrected chi connectivity index (χ0v) is 13.7. The van der Waals surface area contributed by atoms with Crippen molar-refractivity contribution in [3.63, 3.8) is 0 Å². The summed E-state index contributed by atoms with van der Waals surface area (Å²) in [5.74, 6) is 1.13. The molecule has 0 aliphatic rings. The highest BCUT2D eigenvalue weighted by Crippen LogP contribution is 2.07. The number of nitriles is 1. The minimum Gasteiger partial charge on any atom is -0.376 e. The fourth-order valence-corrected chi connectivity index (χ4v) is 1.94. The van der Waals surface area contributed by atoms with Crippen molar-refractivity contribution in [2.24, 2.45) is 11.8 Å². The molecule has 0 saturated carbocycles. The van der Waals surface area contributed by atoms with Gasteiger partial charge in [0.2, 0.25) is 0 Å². The summed E-state index contributed by atoms with van der Waals surface area (Å²) in [4.78, 5) is 13.9. The molecule has 0 fully saturated rings. The number of rotatable bonds is 9. The predicted molar refractivity (Wildman–Crippen MR) is 83.3 cm³/mol. The molecule has 0 bridgehead atoms. The van der Waals surface area contributed by atoms with E-state index in [0.717, 1.165) is 13.1 Å². The van der Waals surface area contributed by atoms with Gasteiger partial charge >= 0.3 is 0 Å². The third-order valence-electron chi connectivity index (χ3n) is 2.47. The molecule has 0 saturated heterocycles. The summed E-state index contributed by atoms with van der Waals surface area (Å²) in [7, 11) is 0. The Morgan fingerprint density at radius 2 is 1.85 bits per heavy atom. The van der Waals surface area contributed by atoms with Gasteiger partial charge in [-0.25, -0.2) is 0 Å². The highest BCUT2D eigenvalue weighted by molar-refractivity contribution is 6.17. The Labute approximate surface area is 127 Å². The van der Waals surface area contributed by atoms with Crippen LogP contribution in [0.25, 0.3) is 0 Å². The fraction of sp³-hybridized carbons (Fsp3) is 0.733. The van der Waals surface area contributed by atoms with Crippen molar-refractivity contribution >= 4 is 17.5 Å². The molecule has 5 heteroatoms. The van der Waals surface area contributed by atoms with Gasteiger partial charge in [0.05, 0.1) is 0 Å². The highest BCUT2D eigenvalue weighted by atomic mass is 35.5. The van der Waals surface area contributed by atoms with Crippen LogP contribution in [0.5, 0.6) is 0 Å². The Bertz CT molecular complexity index is 349. The van der Waals surface area contributed by atoms with Crippen molar-refractivity contribution in [2.45, 2.75) is 34.1 Å². The first-order valence-corrected chi connectivity index (χ1v) is 7.64.